The maximum absolute atomic E-state index is 13.5. The number of hydrogen-bond acceptors (Lipinski definition) is 12. The Labute approximate surface area is 305 Å². The van der Waals surface area contributed by atoms with E-state index in [-0.39, 0.29) is 44.2 Å². The highest BCUT2D eigenvalue weighted by atomic mass is 16.4. The number of nitrogens with one attached hydrogen (secondary N) is 6. The second-order valence-corrected chi connectivity index (χ2v) is 12.7. The molecule has 6 atom stereocenters. The van der Waals surface area contributed by atoms with Crippen LogP contribution in [0.25, 0.3) is 0 Å². The van der Waals surface area contributed by atoms with Crippen molar-refractivity contribution in [2.45, 2.75) is 100 Å². The van der Waals surface area contributed by atoms with Gasteiger partial charge in [0.25, 0.3) is 0 Å². The lowest BCUT2D eigenvalue weighted by Crippen LogP contribution is -2.60. The average Bonchev–Trinajstić information content (AvgIpc) is 3.83. The lowest BCUT2D eigenvalue weighted by Gasteiger charge is -2.29. The van der Waals surface area contributed by atoms with Gasteiger partial charge in [-0.3, -0.25) is 43.3 Å². The van der Waals surface area contributed by atoms with E-state index < -0.39 is 97.3 Å². The molecule has 298 valence electrons. The standard InChI is InChI=1S/C31H53N11O11/c32-10-2-1-6-18(39-29(52)22-9-5-13-42(22)30(53)19-8-4-11-35-19)26(49)40-20(14-23(44)45)27(50)41-21(16-43)28(51)38-17(7-3-12-36-31(33)34)25(48)37-15-24(46)47/h17-22,35,43H,1-16,32H2,(H,37,48)(H,38,51)(H,39,52)(H,40,49)(H,41,50)(H,44,45)(H,46,47)(H4,33,34,36)/t17-,18-,19-,20-,21-,22-/m0/s1. The Morgan fingerprint density at radius 2 is 1.40 bits per heavy atom. The molecule has 2 saturated heterocycles. The molecule has 0 bridgehead atoms. The number of aliphatic carboxylic acids is 2. The smallest absolute Gasteiger partial charge is 0.322 e. The molecule has 22 heteroatoms. The van der Waals surface area contributed by atoms with Crippen LogP contribution in [0.5, 0.6) is 0 Å². The monoisotopic (exact) mass is 755 g/mol. The summed E-state index contributed by atoms with van der Waals surface area (Å²) in [7, 11) is 0. The first kappa shape index (κ1) is 44.1. The largest absolute Gasteiger partial charge is 0.481 e. The topological polar surface area (TPSA) is 363 Å². The van der Waals surface area contributed by atoms with Gasteiger partial charge in [0, 0.05) is 13.1 Å². The van der Waals surface area contributed by atoms with Gasteiger partial charge in [-0.2, -0.15) is 0 Å². The quantitative estimate of drug-likeness (QED) is 0.0263. The molecule has 2 fully saturated rings. The number of carbonyl (C=O) groups is 8. The Kier molecular flexibility index (Phi) is 18.9. The van der Waals surface area contributed by atoms with Gasteiger partial charge in [-0.25, -0.2) is 0 Å². The molecule has 2 heterocycles. The van der Waals surface area contributed by atoms with Crippen LogP contribution in [0.4, 0.5) is 0 Å². The van der Waals surface area contributed by atoms with Gasteiger partial charge < -0.3 is 69.3 Å². The van der Waals surface area contributed by atoms with Crippen molar-refractivity contribution in [3.63, 3.8) is 0 Å². The summed E-state index contributed by atoms with van der Waals surface area (Å²) in [6, 6.07) is -7.37. The number of likely N-dealkylation sites (tertiary alicyclic amines) is 1. The van der Waals surface area contributed by atoms with Crippen LogP contribution in [0.1, 0.15) is 64.2 Å². The molecule has 0 saturated carbocycles. The van der Waals surface area contributed by atoms with E-state index in [0.717, 1.165) is 6.42 Å². The number of aliphatic hydroxyl groups excluding tert-OH is 1. The van der Waals surface area contributed by atoms with E-state index in [2.05, 4.69) is 36.9 Å². The van der Waals surface area contributed by atoms with Gasteiger partial charge in [-0.15, -0.1) is 0 Å². The molecular weight excluding hydrogens is 702 g/mol. The fourth-order valence-electron chi connectivity index (χ4n) is 5.88. The third-order valence-electron chi connectivity index (χ3n) is 8.60. The second-order valence-electron chi connectivity index (χ2n) is 12.7. The van der Waals surface area contributed by atoms with Gasteiger partial charge in [-0.05, 0) is 70.9 Å². The molecule has 0 aromatic carbocycles. The summed E-state index contributed by atoms with van der Waals surface area (Å²) in [5.41, 5.74) is 16.2. The third kappa shape index (κ3) is 15.2. The zero-order valence-corrected chi connectivity index (χ0v) is 29.5. The SMILES string of the molecule is NCCCC[C@H](NC(=O)[C@@H]1CCCN1C(=O)[C@@H]1CCCN1)C(=O)N[C@@H](CC(=O)O)C(=O)N[C@@H](CO)C(=O)N[C@@H](CCCN=C(N)N)C(=O)NCC(=O)O. The van der Waals surface area contributed by atoms with Crippen LogP contribution < -0.4 is 49.1 Å². The maximum Gasteiger partial charge on any atom is 0.322 e. The number of unbranched alkanes of at least 4 members (excludes halogenated alkanes) is 1. The summed E-state index contributed by atoms with van der Waals surface area (Å²) in [5, 5.41) is 43.1. The minimum atomic E-state index is -1.79. The number of amides is 6. The Balaban J connectivity index is 2.17. The molecular formula is C31H53N11O11. The van der Waals surface area contributed by atoms with Gasteiger partial charge in [0.05, 0.1) is 19.1 Å². The van der Waals surface area contributed by atoms with E-state index in [1.54, 1.807) is 0 Å². The van der Waals surface area contributed by atoms with E-state index >= 15 is 0 Å². The van der Waals surface area contributed by atoms with Crippen LogP contribution in [0, 0.1) is 0 Å². The fraction of sp³-hybridized carbons (Fsp3) is 0.710. The third-order valence-corrected chi connectivity index (χ3v) is 8.60. The fourth-order valence-corrected chi connectivity index (χ4v) is 5.88. The lowest BCUT2D eigenvalue weighted by molar-refractivity contribution is -0.142. The van der Waals surface area contributed by atoms with Crippen LogP contribution >= 0.6 is 0 Å². The molecule has 0 unspecified atom stereocenters. The van der Waals surface area contributed by atoms with Crippen LogP contribution in [-0.4, -0.2) is 149 Å². The summed E-state index contributed by atoms with van der Waals surface area (Å²) < 4.78 is 0. The van der Waals surface area contributed by atoms with Crippen LogP contribution in [-0.2, 0) is 38.4 Å². The number of nitrogens with two attached hydrogens (primary N) is 3. The van der Waals surface area contributed by atoms with Crippen molar-refractivity contribution in [3.8, 4) is 0 Å². The normalized spacial score (nSPS) is 18.8. The minimum absolute atomic E-state index is 0.0559. The molecule has 0 spiro atoms. The first-order valence-electron chi connectivity index (χ1n) is 17.5. The average molecular weight is 756 g/mol. The highest BCUT2D eigenvalue weighted by Crippen LogP contribution is 2.21. The Morgan fingerprint density at radius 3 is 2.00 bits per heavy atom. The first-order valence-corrected chi connectivity index (χ1v) is 17.5. The maximum atomic E-state index is 13.5. The number of carboxylic acid groups (broad SMARTS) is 2. The minimum Gasteiger partial charge on any atom is -0.481 e. The molecule has 2 rings (SSSR count). The van der Waals surface area contributed by atoms with Crippen molar-refractivity contribution in [3.05, 3.63) is 0 Å². The number of carbonyl (C=O) groups excluding carboxylic acids is 6. The van der Waals surface area contributed by atoms with E-state index in [1.165, 1.54) is 4.90 Å². The van der Waals surface area contributed by atoms with Crippen molar-refractivity contribution in [1.82, 2.24) is 36.8 Å². The molecule has 53 heavy (non-hydrogen) atoms. The summed E-state index contributed by atoms with van der Waals surface area (Å²) in [4.78, 5) is 107. The number of hydrogen-bond donors (Lipinski definition) is 12. The van der Waals surface area contributed by atoms with Crippen molar-refractivity contribution in [2.75, 3.05) is 39.3 Å². The van der Waals surface area contributed by atoms with Gasteiger partial charge in [0.1, 0.15) is 36.8 Å². The van der Waals surface area contributed by atoms with Crippen molar-refractivity contribution in [2.24, 2.45) is 22.2 Å². The molecule has 2 aliphatic rings. The summed E-state index contributed by atoms with van der Waals surface area (Å²) in [6.07, 6.45) is 2.46. The van der Waals surface area contributed by atoms with Gasteiger partial charge in [0.15, 0.2) is 5.96 Å². The van der Waals surface area contributed by atoms with Crippen LogP contribution in [0.2, 0.25) is 0 Å². The number of aliphatic imine (C=N–C) groups is 1. The summed E-state index contributed by atoms with van der Waals surface area (Å²) >= 11 is 0. The Morgan fingerprint density at radius 1 is 0.774 bits per heavy atom. The number of nitrogens with zero attached hydrogens (tertiary/aromatic N) is 2. The Hall–Kier alpha value is -5.09. The Bertz CT molecular complexity index is 1340. The number of aliphatic hydroxyl groups is 1. The molecule has 0 aromatic rings. The summed E-state index contributed by atoms with van der Waals surface area (Å²) in [5.74, 6) is -7.95. The molecule has 6 amide bonds. The highest BCUT2D eigenvalue weighted by molar-refractivity contribution is 5.98. The predicted octanol–water partition coefficient (Wildman–Crippen LogP) is -5.48. The van der Waals surface area contributed by atoms with Gasteiger partial charge in [0.2, 0.25) is 35.4 Å². The zero-order valence-electron chi connectivity index (χ0n) is 29.5. The molecule has 22 nitrogen and oxygen atoms in total. The second kappa shape index (κ2) is 22.8. The van der Waals surface area contributed by atoms with E-state index in [1.807, 2.05) is 0 Å². The van der Waals surface area contributed by atoms with E-state index in [0.29, 0.717) is 45.2 Å². The lowest BCUT2D eigenvalue weighted by atomic mass is 10.1. The van der Waals surface area contributed by atoms with Crippen molar-refractivity contribution >= 4 is 53.3 Å². The highest BCUT2D eigenvalue weighted by Gasteiger charge is 2.39. The van der Waals surface area contributed by atoms with Gasteiger partial charge in [-0.1, -0.05) is 0 Å². The van der Waals surface area contributed by atoms with E-state index in [9.17, 15) is 48.6 Å². The number of carboxylic acids is 2. The van der Waals surface area contributed by atoms with E-state index in [4.69, 9.17) is 22.3 Å². The van der Waals surface area contributed by atoms with Crippen molar-refractivity contribution < 1.29 is 53.7 Å². The molecule has 2 aliphatic heterocycles. The van der Waals surface area contributed by atoms with Crippen LogP contribution in [0.15, 0.2) is 4.99 Å². The first-order chi connectivity index (χ1) is 25.2. The molecule has 0 aromatic heterocycles. The predicted molar refractivity (Wildman–Crippen MR) is 186 cm³/mol. The van der Waals surface area contributed by atoms with Gasteiger partial charge >= 0.3 is 11.9 Å². The van der Waals surface area contributed by atoms with Crippen LogP contribution in [0.3, 0.4) is 0 Å². The zero-order chi connectivity index (χ0) is 39.5. The number of guanidine groups is 1. The summed E-state index contributed by atoms with van der Waals surface area (Å²) in [6.45, 7) is -0.389. The molecule has 15 N–H and O–H groups in total. The molecule has 0 radical (unpaired) electrons. The number of rotatable bonds is 23. The van der Waals surface area contributed by atoms with Crippen molar-refractivity contribution in [1.29, 1.82) is 0 Å². The molecule has 0 aliphatic carbocycles.